The lowest BCUT2D eigenvalue weighted by molar-refractivity contribution is 0.460. The second-order valence-electron chi connectivity index (χ2n) is 3.56. The van der Waals surface area contributed by atoms with Crippen LogP contribution in [0.5, 0.6) is 0 Å². The molecule has 0 bridgehead atoms. The molecule has 0 saturated heterocycles. The van der Waals surface area contributed by atoms with Gasteiger partial charge in [-0.2, -0.15) is 4.31 Å². The Morgan fingerprint density at radius 1 is 1.39 bits per heavy atom. The summed E-state index contributed by atoms with van der Waals surface area (Å²) in [5.74, 6) is 0. The highest BCUT2D eigenvalue weighted by Crippen LogP contribution is 2.33. The van der Waals surface area contributed by atoms with Crippen LogP contribution in [-0.4, -0.2) is 25.8 Å². The van der Waals surface area contributed by atoms with Gasteiger partial charge in [0.2, 0.25) is 10.0 Å². The van der Waals surface area contributed by atoms with Crippen LogP contribution < -0.4 is 5.73 Å². The van der Waals surface area contributed by atoms with Crippen LogP contribution in [0.1, 0.15) is 6.92 Å². The minimum Gasteiger partial charge on any atom is -0.399 e. The molecule has 0 atom stereocenters. The summed E-state index contributed by atoms with van der Waals surface area (Å²) >= 11 is 11.8. The molecule has 4 nitrogen and oxygen atoms in total. The van der Waals surface area contributed by atoms with E-state index in [0.29, 0.717) is 12.2 Å². The minimum atomic E-state index is -3.75. The molecule has 0 aliphatic carbocycles. The van der Waals surface area contributed by atoms with Crippen LogP contribution in [0.15, 0.2) is 29.7 Å². The van der Waals surface area contributed by atoms with Gasteiger partial charge in [0.1, 0.15) is 4.90 Å². The molecule has 0 heterocycles. The molecule has 0 fully saturated rings. The Kier molecular flexibility index (Phi) is 5.04. The van der Waals surface area contributed by atoms with Gasteiger partial charge < -0.3 is 5.73 Å². The van der Waals surface area contributed by atoms with E-state index in [-0.39, 0.29) is 21.5 Å². The number of hydrogen-bond donors (Lipinski definition) is 1. The number of anilines is 1. The fourth-order valence-electron chi connectivity index (χ4n) is 1.50. The first-order chi connectivity index (χ1) is 8.34. The molecule has 1 rings (SSSR count). The lowest BCUT2D eigenvalue weighted by atomic mass is 10.3. The summed E-state index contributed by atoms with van der Waals surface area (Å²) in [5.41, 5.74) is 5.86. The second kappa shape index (κ2) is 5.93. The maximum atomic E-state index is 12.4. The lowest BCUT2D eigenvalue weighted by Crippen LogP contribution is -2.31. The minimum absolute atomic E-state index is 0.0162. The number of nitrogen functional groups attached to an aromatic ring is 1. The monoisotopic (exact) mass is 308 g/mol. The highest BCUT2D eigenvalue weighted by molar-refractivity contribution is 7.89. The van der Waals surface area contributed by atoms with Crippen molar-refractivity contribution in [2.45, 2.75) is 11.8 Å². The van der Waals surface area contributed by atoms with E-state index >= 15 is 0 Å². The number of benzene rings is 1. The topological polar surface area (TPSA) is 63.4 Å². The summed E-state index contributed by atoms with van der Waals surface area (Å²) < 4.78 is 26.0. The van der Waals surface area contributed by atoms with Gasteiger partial charge >= 0.3 is 0 Å². The predicted molar refractivity (Wildman–Crippen MR) is 75.5 cm³/mol. The quantitative estimate of drug-likeness (QED) is 0.672. The van der Waals surface area contributed by atoms with E-state index in [2.05, 4.69) is 6.58 Å². The van der Waals surface area contributed by atoms with Gasteiger partial charge in [0.15, 0.2) is 0 Å². The zero-order valence-electron chi connectivity index (χ0n) is 9.86. The fourth-order valence-corrected chi connectivity index (χ4v) is 4.10. The fraction of sp³-hybridized carbons (Fsp3) is 0.273. The summed E-state index contributed by atoms with van der Waals surface area (Å²) in [6.07, 6.45) is 1.50. The first kappa shape index (κ1) is 15.3. The molecule has 0 radical (unpaired) electrons. The van der Waals surface area contributed by atoms with Crippen molar-refractivity contribution in [3.05, 3.63) is 34.8 Å². The Morgan fingerprint density at radius 2 is 1.89 bits per heavy atom. The standard InChI is InChI=1S/C11H14Cl2N2O2S/c1-3-5-15(4-2)18(16,17)11-9(12)6-8(14)7-10(11)13/h3,6-7H,1,4-5,14H2,2H3. The van der Waals surface area contributed by atoms with E-state index in [0.717, 1.165) is 0 Å². The van der Waals surface area contributed by atoms with Crippen molar-refractivity contribution in [3.63, 3.8) is 0 Å². The lowest BCUT2D eigenvalue weighted by Gasteiger charge is -2.20. The van der Waals surface area contributed by atoms with E-state index in [1.807, 2.05) is 0 Å². The molecule has 0 aliphatic heterocycles. The number of nitrogens with two attached hydrogens (primary N) is 1. The SMILES string of the molecule is C=CCN(CC)S(=O)(=O)c1c(Cl)cc(N)cc1Cl. The van der Waals surface area contributed by atoms with Crippen molar-refractivity contribution in [3.8, 4) is 0 Å². The third-order valence-electron chi connectivity index (χ3n) is 2.30. The second-order valence-corrected chi connectivity index (χ2v) is 6.25. The van der Waals surface area contributed by atoms with E-state index in [1.165, 1.54) is 22.5 Å². The molecule has 7 heteroatoms. The molecule has 18 heavy (non-hydrogen) atoms. The van der Waals surface area contributed by atoms with Gasteiger partial charge in [-0.15, -0.1) is 6.58 Å². The van der Waals surface area contributed by atoms with Crippen molar-refractivity contribution in [1.82, 2.24) is 4.31 Å². The summed E-state index contributed by atoms with van der Waals surface area (Å²) in [6, 6.07) is 2.73. The number of sulfonamides is 1. The Hall–Kier alpha value is -0.750. The van der Waals surface area contributed by atoms with Crippen LogP contribution in [0.25, 0.3) is 0 Å². The molecule has 0 amide bonds. The van der Waals surface area contributed by atoms with Gasteiger partial charge in [0.05, 0.1) is 10.0 Å². The smallest absolute Gasteiger partial charge is 0.246 e. The molecule has 0 aromatic heterocycles. The number of rotatable bonds is 5. The summed E-state index contributed by atoms with van der Waals surface area (Å²) in [4.78, 5) is -0.122. The van der Waals surface area contributed by atoms with E-state index in [1.54, 1.807) is 6.92 Å². The van der Waals surface area contributed by atoms with E-state index in [9.17, 15) is 8.42 Å². The third-order valence-corrected chi connectivity index (χ3v) is 5.17. The van der Waals surface area contributed by atoms with Crippen LogP contribution in [0.2, 0.25) is 10.0 Å². The molecular formula is C11H14Cl2N2O2S. The molecule has 2 N–H and O–H groups in total. The average molecular weight is 309 g/mol. The van der Waals surface area contributed by atoms with Crippen LogP contribution in [0.3, 0.4) is 0 Å². The Morgan fingerprint density at radius 3 is 2.28 bits per heavy atom. The Labute approximate surface area is 117 Å². The summed E-state index contributed by atoms with van der Waals surface area (Å²) in [6.45, 7) is 5.73. The van der Waals surface area contributed by atoms with Crippen molar-refractivity contribution in [2.75, 3.05) is 18.8 Å². The number of hydrogen-bond acceptors (Lipinski definition) is 3. The first-order valence-corrected chi connectivity index (χ1v) is 7.39. The predicted octanol–water partition coefficient (Wildman–Crippen LogP) is 2.77. The average Bonchev–Trinajstić information content (AvgIpc) is 2.23. The number of halogens is 2. The Bertz CT molecular complexity index is 535. The number of likely N-dealkylation sites (N-methyl/N-ethyl adjacent to an activating group) is 1. The molecule has 1 aromatic rings. The molecule has 0 unspecified atom stereocenters. The molecular weight excluding hydrogens is 295 g/mol. The summed E-state index contributed by atoms with van der Waals surface area (Å²) in [5, 5.41) is 0.0324. The first-order valence-electron chi connectivity index (χ1n) is 5.20. The van der Waals surface area contributed by atoms with Gasteiger partial charge in [0, 0.05) is 18.8 Å². The van der Waals surface area contributed by atoms with Gasteiger partial charge in [-0.3, -0.25) is 0 Å². The van der Waals surface area contributed by atoms with Crippen LogP contribution >= 0.6 is 23.2 Å². The summed E-state index contributed by atoms with van der Waals surface area (Å²) in [7, 11) is -3.75. The van der Waals surface area contributed by atoms with Crippen molar-refractivity contribution >= 4 is 38.9 Å². The zero-order valence-corrected chi connectivity index (χ0v) is 12.2. The maximum absolute atomic E-state index is 12.4. The van der Waals surface area contributed by atoms with Crippen molar-refractivity contribution in [1.29, 1.82) is 0 Å². The maximum Gasteiger partial charge on any atom is 0.246 e. The van der Waals surface area contributed by atoms with Gasteiger partial charge in [-0.1, -0.05) is 36.2 Å². The highest BCUT2D eigenvalue weighted by atomic mass is 35.5. The third kappa shape index (κ3) is 2.98. The largest absolute Gasteiger partial charge is 0.399 e. The van der Waals surface area contributed by atoms with Gasteiger partial charge in [0.25, 0.3) is 0 Å². The van der Waals surface area contributed by atoms with E-state index in [4.69, 9.17) is 28.9 Å². The molecule has 100 valence electrons. The zero-order chi connectivity index (χ0) is 13.9. The van der Waals surface area contributed by atoms with Crippen LogP contribution in [-0.2, 0) is 10.0 Å². The van der Waals surface area contributed by atoms with E-state index < -0.39 is 10.0 Å². The van der Waals surface area contributed by atoms with Gasteiger partial charge in [-0.25, -0.2) is 8.42 Å². The van der Waals surface area contributed by atoms with Crippen LogP contribution in [0.4, 0.5) is 5.69 Å². The van der Waals surface area contributed by atoms with Crippen LogP contribution in [0, 0.1) is 0 Å². The van der Waals surface area contributed by atoms with Gasteiger partial charge in [-0.05, 0) is 12.1 Å². The Balaban J connectivity index is 3.40. The molecule has 0 saturated carbocycles. The molecule has 1 aromatic carbocycles. The normalized spacial score (nSPS) is 11.8. The molecule has 0 spiro atoms. The number of nitrogens with zero attached hydrogens (tertiary/aromatic N) is 1. The molecule has 0 aliphatic rings. The highest BCUT2D eigenvalue weighted by Gasteiger charge is 2.27. The van der Waals surface area contributed by atoms with Crippen molar-refractivity contribution in [2.24, 2.45) is 0 Å². The van der Waals surface area contributed by atoms with Crippen molar-refractivity contribution < 1.29 is 8.42 Å².